The number of carbonyl (C=O) groups is 3. The molecular formula is C18H24BrN3O4. The molecule has 0 aromatic heterocycles. The van der Waals surface area contributed by atoms with Crippen LogP contribution >= 0.6 is 15.9 Å². The first-order valence-electron chi connectivity index (χ1n) is 8.45. The summed E-state index contributed by atoms with van der Waals surface area (Å²) in [5.41, 5.74) is 5.46. The highest BCUT2D eigenvalue weighted by Crippen LogP contribution is 2.24. The largest absolute Gasteiger partial charge is 0.444 e. The van der Waals surface area contributed by atoms with Gasteiger partial charge in [-0.15, -0.1) is 0 Å². The lowest BCUT2D eigenvalue weighted by molar-refractivity contribution is -0.121. The first-order valence-corrected chi connectivity index (χ1v) is 9.24. The van der Waals surface area contributed by atoms with E-state index < -0.39 is 11.5 Å². The second-order valence-electron chi connectivity index (χ2n) is 7.29. The van der Waals surface area contributed by atoms with Crippen LogP contribution in [0.5, 0.6) is 0 Å². The summed E-state index contributed by atoms with van der Waals surface area (Å²) in [5.74, 6) is -1.03. The Bertz CT molecular complexity index is 707. The molecule has 1 heterocycles. The van der Waals surface area contributed by atoms with Crippen LogP contribution in [-0.4, -0.2) is 41.5 Å². The van der Waals surface area contributed by atoms with Crippen molar-refractivity contribution < 1.29 is 19.1 Å². The van der Waals surface area contributed by atoms with Crippen molar-refractivity contribution in [3.05, 3.63) is 28.2 Å². The van der Waals surface area contributed by atoms with E-state index in [0.29, 0.717) is 36.1 Å². The number of nitrogens with zero attached hydrogens (tertiary/aromatic N) is 1. The maximum atomic E-state index is 12.5. The van der Waals surface area contributed by atoms with Crippen molar-refractivity contribution in [3.63, 3.8) is 0 Å². The van der Waals surface area contributed by atoms with E-state index in [9.17, 15) is 14.4 Å². The first-order chi connectivity index (χ1) is 12.1. The Morgan fingerprint density at radius 2 is 1.85 bits per heavy atom. The molecule has 3 N–H and O–H groups in total. The average molecular weight is 426 g/mol. The lowest BCUT2D eigenvalue weighted by Gasteiger charge is -2.33. The molecule has 1 aromatic rings. The van der Waals surface area contributed by atoms with E-state index in [1.54, 1.807) is 23.1 Å². The van der Waals surface area contributed by atoms with Gasteiger partial charge in [-0.05, 0) is 51.8 Å². The number of hydrogen-bond donors (Lipinski definition) is 2. The van der Waals surface area contributed by atoms with E-state index in [1.165, 1.54) is 0 Å². The molecule has 26 heavy (non-hydrogen) atoms. The minimum atomic E-state index is -0.610. The Kier molecular flexibility index (Phi) is 6.28. The normalized spacial score (nSPS) is 15.5. The number of nitrogens with one attached hydrogen (secondary N) is 1. The Hall–Kier alpha value is -2.09. The predicted molar refractivity (Wildman–Crippen MR) is 102 cm³/mol. The van der Waals surface area contributed by atoms with Gasteiger partial charge in [0, 0.05) is 23.5 Å². The Morgan fingerprint density at radius 1 is 1.23 bits per heavy atom. The Labute approximate surface area is 161 Å². The predicted octanol–water partition coefficient (Wildman–Crippen LogP) is 3.13. The number of rotatable bonds is 3. The molecular weight excluding hydrogens is 402 g/mol. The van der Waals surface area contributed by atoms with Crippen LogP contribution in [0.15, 0.2) is 22.7 Å². The highest BCUT2D eigenvalue weighted by atomic mass is 79.9. The molecule has 0 spiro atoms. The summed E-state index contributed by atoms with van der Waals surface area (Å²) in [6.45, 7) is 6.37. The number of carbonyl (C=O) groups excluding carboxylic acids is 3. The third-order valence-corrected chi connectivity index (χ3v) is 4.52. The van der Waals surface area contributed by atoms with E-state index in [1.807, 2.05) is 20.8 Å². The van der Waals surface area contributed by atoms with Gasteiger partial charge in [-0.1, -0.05) is 15.9 Å². The number of amides is 3. The lowest BCUT2D eigenvalue weighted by Crippen LogP contribution is -2.43. The molecule has 1 aromatic carbocycles. The lowest BCUT2D eigenvalue weighted by atomic mass is 9.96. The fourth-order valence-electron chi connectivity index (χ4n) is 2.71. The van der Waals surface area contributed by atoms with Crippen LogP contribution in [0, 0.1) is 5.92 Å². The number of ether oxygens (including phenoxy) is 1. The molecule has 0 radical (unpaired) electrons. The smallest absolute Gasteiger partial charge is 0.410 e. The van der Waals surface area contributed by atoms with Crippen molar-refractivity contribution in [2.45, 2.75) is 39.2 Å². The Balaban J connectivity index is 1.95. The van der Waals surface area contributed by atoms with Gasteiger partial charge in [-0.3, -0.25) is 9.59 Å². The fraction of sp³-hybridized carbons (Fsp3) is 0.500. The Morgan fingerprint density at radius 3 is 2.38 bits per heavy atom. The van der Waals surface area contributed by atoms with Gasteiger partial charge in [-0.25, -0.2) is 4.79 Å². The van der Waals surface area contributed by atoms with Crippen molar-refractivity contribution >= 4 is 39.5 Å². The second kappa shape index (κ2) is 8.07. The van der Waals surface area contributed by atoms with Crippen molar-refractivity contribution in [2.75, 3.05) is 18.4 Å². The zero-order valence-electron chi connectivity index (χ0n) is 15.2. The highest BCUT2D eigenvalue weighted by molar-refractivity contribution is 9.10. The number of halogens is 1. The van der Waals surface area contributed by atoms with Gasteiger partial charge in [0.2, 0.25) is 5.91 Å². The van der Waals surface area contributed by atoms with E-state index in [0.717, 1.165) is 0 Å². The van der Waals surface area contributed by atoms with E-state index >= 15 is 0 Å². The molecule has 0 saturated carbocycles. The third kappa shape index (κ3) is 5.45. The van der Waals surface area contributed by atoms with Gasteiger partial charge in [-0.2, -0.15) is 0 Å². The summed E-state index contributed by atoms with van der Waals surface area (Å²) >= 11 is 3.28. The minimum absolute atomic E-state index is 0.182. The maximum absolute atomic E-state index is 12.5. The number of nitrogens with two attached hydrogens (primary N) is 1. The van der Waals surface area contributed by atoms with Gasteiger partial charge in [0.05, 0.1) is 11.3 Å². The molecule has 7 nitrogen and oxygen atoms in total. The standard InChI is InChI=1S/C18H24BrN3O4/c1-18(2,3)26-17(25)22-8-6-11(7-9-22)16(24)21-14-5-4-12(19)10-13(14)15(20)23/h4-5,10-11H,6-9H2,1-3H3,(H2,20,23)(H,21,24). The van der Waals surface area contributed by atoms with Crippen molar-refractivity contribution in [3.8, 4) is 0 Å². The molecule has 1 aliphatic heterocycles. The zero-order valence-corrected chi connectivity index (χ0v) is 16.8. The topological polar surface area (TPSA) is 102 Å². The molecule has 2 rings (SSSR count). The summed E-state index contributed by atoms with van der Waals surface area (Å²) in [6.07, 6.45) is 0.710. The molecule has 142 valence electrons. The molecule has 1 aliphatic rings. The first kappa shape index (κ1) is 20.2. The number of likely N-dealkylation sites (tertiary alicyclic amines) is 1. The molecule has 0 bridgehead atoms. The quantitative estimate of drug-likeness (QED) is 0.775. The van der Waals surface area contributed by atoms with Crippen molar-refractivity contribution in [1.29, 1.82) is 0 Å². The van der Waals surface area contributed by atoms with Crippen LogP contribution in [0.3, 0.4) is 0 Å². The summed E-state index contributed by atoms with van der Waals surface area (Å²) < 4.78 is 6.06. The van der Waals surface area contributed by atoms with Gasteiger partial charge in [0.15, 0.2) is 0 Å². The van der Waals surface area contributed by atoms with Crippen LogP contribution in [0.2, 0.25) is 0 Å². The van der Waals surface area contributed by atoms with Crippen LogP contribution < -0.4 is 11.1 Å². The molecule has 8 heteroatoms. The van der Waals surface area contributed by atoms with E-state index in [-0.39, 0.29) is 23.5 Å². The summed E-state index contributed by atoms with van der Waals surface area (Å²) in [6, 6.07) is 4.94. The van der Waals surface area contributed by atoms with Gasteiger partial charge >= 0.3 is 6.09 Å². The van der Waals surface area contributed by atoms with Gasteiger partial charge < -0.3 is 20.7 Å². The van der Waals surface area contributed by atoms with E-state index in [4.69, 9.17) is 10.5 Å². The summed E-state index contributed by atoms with van der Waals surface area (Å²) in [5, 5.41) is 2.78. The number of hydrogen-bond acceptors (Lipinski definition) is 4. The van der Waals surface area contributed by atoms with Crippen LogP contribution in [0.25, 0.3) is 0 Å². The molecule has 1 saturated heterocycles. The number of benzene rings is 1. The average Bonchev–Trinajstić information content (AvgIpc) is 2.54. The number of piperidine rings is 1. The SMILES string of the molecule is CC(C)(C)OC(=O)N1CCC(C(=O)Nc2ccc(Br)cc2C(N)=O)CC1. The summed E-state index contributed by atoms with van der Waals surface area (Å²) in [7, 11) is 0. The van der Waals surface area contributed by atoms with Crippen LogP contribution in [0.4, 0.5) is 10.5 Å². The monoisotopic (exact) mass is 425 g/mol. The molecule has 1 fully saturated rings. The van der Waals surface area contributed by atoms with Gasteiger partial charge in [0.1, 0.15) is 5.60 Å². The van der Waals surface area contributed by atoms with Gasteiger partial charge in [0.25, 0.3) is 5.91 Å². The fourth-order valence-corrected chi connectivity index (χ4v) is 3.08. The van der Waals surface area contributed by atoms with Crippen LogP contribution in [0.1, 0.15) is 44.0 Å². The van der Waals surface area contributed by atoms with Crippen molar-refractivity contribution in [2.24, 2.45) is 11.7 Å². The van der Waals surface area contributed by atoms with Crippen molar-refractivity contribution in [1.82, 2.24) is 4.90 Å². The molecule has 0 aliphatic carbocycles. The van der Waals surface area contributed by atoms with E-state index in [2.05, 4.69) is 21.2 Å². The molecule has 0 atom stereocenters. The minimum Gasteiger partial charge on any atom is -0.444 e. The number of primary amides is 1. The molecule has 3 amide bonds. The third-order valence-electron chi connectivity index (χ3n) is 4.02. The highest BCUT2D eigenvalue weighted by Gasteiger charge is 2.30. The zero-order chi connectivity index (χ0) is 19.5. The van der Waals surface area contributed by atoms with Crippen LogP contribution in [-0.2, 0) is 9.53 Å². The number of anilines is 1. The molecule has 0 unspecified atom stereocenters. The summed E-state index contributed by atoms with van der Waals surface area (Å²) in [4.78, 5) is 37.8. The maximum Gasteiger partial charge on any atom is 0.410 e. The second-order valence-corrected chi connectivity index (χ2v) is 8.20.